The summed E-state index contributed by atoms with van der Waals surface area (Å²) in [7, 11) is 0. The Morgan fingerprint density at radius 3 is 2.50 bits per heavy atom. The second-order valence-corrected chi connectivity index (χ2v) is 6.78. The largest absolute Gasteiger partial charge is 0.349 e. The van der Waals surface area contributed by atoms with Crippen molar-refractivity contribution in [1.82, 2.24) is 5.32 Å². The monoisotopic (exact) mass is 321 g/mol. The zero-order chi connectivity index (χ0) is 12.5. The maximum absolute atomic E-state index is 12.0. The van der Waals surface area contributed by atoms with Gasteiger partial charge in [-0.25, -0.2) is 0 Å². The van der Waals surface area contributed by atoms with Crippen molar-refractivity contribution in [2.75, 3.05) is 0 Å². The van der Waals surface area contributed by atoms with Crippen molar-refractivity contribution in [3.05, 3.63) is 56.2 Å². The molecule has 0 bridgehead atoms. The van der Waals surface area contributed by atoms with E-state index in [1.165, 1.54) is 22.5 Å². The van der Waals surface area contributed by atoms with Gasteiger partial charge in [-0.3, -0.25) is 4.79 Å². The van der Waals surface area contributed by atoms with Crippen LogP contribution in [0.25, 0.3) is 0 Å². The van der Waals surface area contributed by atoms with E-state index in [9.17, 15) is 4.79 Å². The lowest BCUT2D eigenvalue weighted by Gasteiger charge is -2.10. The molecule has 18 heavy (non-hydrogen) atoms. The van der Waals surface area contributed by atoms with Crippen LogP contribution in [0.4, 0.5) is 0 Å². The van der Waals surface area contributed by atoms with E-state index in [1.807, 2.05) is 11.4 Å². The van der Waals surface area contributed by atoms with Gasteiger partial charge < -0.3 is 5.32 Å². The van der Waals surface area contributed by atoms with Gasteiger partial charge >= 0.3 is 0 Å². The van der Waals surface area contributed by atoms with Crippen LogP contribution < -0.4 is 5.32 Å². The van der Waals surface area contributed by atoms with Gasteiger partial charge in [0.15, 0.2) is 0 Å². The molecular weight excluding hydrogens is 310 g/mol. The van der Waals surface area contributed by atoms with Gasteiger partial charge in [-0.15, -0.1) is 11.3 Å². The molecule has 0 fully saturated rings. The van der Waals surface area contributed by atoms with Gasteiger partial charge in [-0.2, -0.15) is 0 Å². The van der Waals surface area contributed by atoms with Crippen LogP contribution >= 0.6 is 27.3 Å². The SMILES string of the molecule is O=C(NC1Cc2ccccc2C1)c1csc(Br)c1. The van der Waals surface area contributed by atoms with Gasteiger partial charge in [0.2, 0.25) is 0 Å². The number of hydrogen-bond acceptors (Lipinski definition) is 2. The number of fused-ring (bicyclic) bond motifs is 1. The molecule has 0 unspecified atom stereocenters. The van der Waals surface area contributed by atoms with E-state index < -0.39 is 0 Å². The third-order valence-electron chi connectivity index (χ3n) is 3.22. The summed E-state index contributed by atoms with van der Waals surface area (Å²) in [6.45, 7) is 0. The first-order valence-corrected chi connectivity index (χ1v) is 7.51. The minimum atomic E-state index is 0.0229. The lowest BCUT2D eigenvalue weighted by Crippen LogP contribution is -2.35. The molecule has 1 N–H and O–H groups in total. The predicted molar refractivity (Wildman–Crippen MR) is 77.1 cm³/mol. The van der Waals surface area contributed by atoms with Crippen LogP contribution in [0.1, 0.15) is 21.5 Å². The van der Waals surface area contributed by atoms with Crippen LogP contribution in [-0.4, -0.2) is 11.9 Å². The molecule has 1 aromatic heterocycles. The van der Waals surface area contributed by atoms with E-state index in [4.69, 9.17) is 0 Å². The highest BCUT2D eigenvalue weighted by atomic mass is 79.9. The fraction of sp³-hybridized carbons (Fsp3) is 0.214. The summed E-state index contributed by atoms with van der Waals surface area (Å²) in [4.78, 5) is 12.0. The second-order valence-electron chi connectivity index (χ2n) is 4.49. The van der Waals surface area contributed by atoms with E-state index in [0.717, 1.165) is 22.2 Å². The molecular formula is C14H12BrNOS. The fourth-order valence-corrected chi connectivity index (χ4v) is 3.50. The van der Waals surface area contributed by atoms with Crippen molar-refractivity contribution in [2.45, 2.75) is 18.9 Å². The maximum atomic E-state index is 12.0. The van der Waals surface area contributed by atoms with E-state index in [1.54, 1.807) is 0 Å². The minimum absolute atomic E-state index is 0.0229. The molecule has 0 aliphatic heterocycles. The molecule has 0 atom stereocenters. The Balaban J connectivity index is 1.68. The third-order valence-corrected chi connectivity index (χ3v) is 4.72. The molecule has 0 spiro atoms. The molecule has 1 aliphatic carbocycles. The lowest BCUT2D eigenvalue weighted by molar-refractivity contribution is 0.0939. The number of carbonyl (C=O) groups is 1. The Morgan fingerprint density at radius 1 is 1.28 bits per heavy atom. The molecule has 1 aromatic carbocycles. The summed E-state index contributed by atoms with van der Waals surface area (Å²) in [5.41, 5.74) is 3.45. The van der Waals surface area contributed by atoms with Crippen molar-refractivity contribution < 1.29 is 4.79 Å². The quantitative estimate of drug-likeness (QED) is 0.902. The Hall–Kier alpha value is -1.13. The van der Waals surface area contributed by atoms with E-state index in [2.05, 4.69) is 45.5 Å². The van der Waals surface area contributed by atoms with E-state index >= 15 is 0 Å². The summed E-state index contributed by atoms with van der Waals surface area (Å²) in [5, 5.41) is 4.98. The first-order chi connectivity index (χ1) is 8.72. The molecule has 2 aromatic rings. The summed E-state index contributed by atoms with van der Waals surface area (Å²) in [5.74, 6) is 0.0229. The number of thiophene rings is 1. The summed E-state index contributed by atoms with van der Waals surface area (Å²) >= 11 is 4.91. The molecule has 3 rings (SSSR count). The maximum Gasteiger partial charge on any atom is 0.252 e. The van der Waals surface area contributed by atoms with Crippen molar-refractivity contribution in [2.24, 2.45) is 0 Å². The fourth-order valence-electron chi connectivity index (χ4n) is 2.36. The number of benzene rings is 1. The highest BCUT2D eigenvalue weighted by Crippen LogP contribution is 2.23. The number of rotatable bonds is 2. The minimum Gasteiger partial charge on any atom is -0.349 e. The van der Waals surface area contributed by atoms with Gasteiger partial charge in [-0.05, 0) is 46.0 Å². The summed E-state index contributed by atoms with van der Waals surface area (Å²) in [6.07, 6.45) is 1.88. The Bertz CT molecular complexity index is 568. The first-order valence-electron chi connectivity index (χ1n) is 5.84. The highest BCUT2D eigenvalue weighted by molar-refractivity contribution is 9.11. The molecule has 0 saturated carbocycles. The molecule has 92 valence electrons. The number of nitrogens with one attached hydrogen (secondary N) is 1. The molecule has 0 saturated heterocycles. The highest BCUT2D eigenvalue weighted by Gasteiger charge is 2.22. The number of amides is 1. The van der Waals surface area contributed by atoms with Crippen LogP contribution in [-0.2, 0) is 12.8 Å². The number of halogens is 1. The van der Waals surface area contributed by atoms with E-state index in [0.29, 0.717) is 0 Å². The molecule has 2 nitrogen and oxygen atoms in total. The van der Waals surface area contributed by atoms with Crippen LogP contribution in [0.5, 0.6) is 0 Å². The van der Waals surface area contributed by atoms with Gasteiger partial charge in [-0.1, -0.05) is 24.3 Å². The van der Waals surface area contributed by atoms with Crippen LogP contribution in [0.2, 0.25) is 0 Å². The normalized spacial score (nSPS) is 14.5. The van der Waals surface area contributed by atoms with Gasteiger partial charge in [0.1, 0.15) is 0 Å². The Kier molecular flexibility index (Phi) is 3.22. The summed E-state index contributed by atoms with van der Waals surface area (Å²) < 4.78 is 0.988. The third kappa shape index (κ3) is 2.35. The number of carbonyl (C=O) groups excluding carboxylic acids is 1. The second kappa shape index (κ2) is 4.86. The molecule has 1 aliphatic rings. The molecule has 4 heteroatoms. The smallest absolute Gasteiger partial charge is 0.252 e. The predicted octanol–water partition coefficient (Wildman–Crippen LogP) is 3.41. The van der Waals surface area contributed by atoms with Gasteiger partial charge in [0.25, 0.3) is 5.91 Å². The average Bonchev–Trinajstić information content (AvgIpc) is 2.94. The van der Waals surface area contributed by atoms with Crippen molar-refractivity contribution in [1.29, 1.82) is 0 Å². The molecule has 1 heterocycles. The number of hydrogen-bond donors (Lipinski definition) is 1. The topological polar surface area (TPSA) is 29.1 Å². The van der Waals surface area contributed by atoms with Crippen molar-refractivity contribution in [3.8, 4) is 0 Å². The molecule has 0 radical (unpaired) electrons. The van der Waals surface area contributed by atoms with Gasteiger partial charge in [0, 0.05) is 11.4 Å². The summed E-state index contributed by atoms with van der Waals surface area (Å²) in [6, 6.07) is 10.5. The average molecular weight is 322 g/mol. The van der Waals surface area contributed by atoms with E-state index in [-0.39, 0.29) is 11.9 Å². The first kappa shape index (κ1) is 11.9. The van der Waals surface area contributed by atoms with Crippen LogP contribution in [0, 0.1) is 0 Å². The van der Waals surface area contributed by atoms with Crippen molar-refractivity contribution in [3.63, 3.8) is 0 Å². The Morgan fingerprint density at radius 2 is 1.94 bits per heavy atom. The zero-order valence-electron chi connectivity index (χ0n) is 9.65. The lowest BCUT2D eigenvalue weighted by atomic mass is 10.1. The van der Waals surface area contributed by atoms with Crippen LogP contribution in [0.3, 0.4) is 0 Å². The van der Waals surface area contributed by atoms with Crippen LogP contribution in [0.15, 0.2) is 39.5 Å². The Labute approximate surface area is 118 Å². The zero-order valence-corrected chi connectivity index (χ0v) is 12.1. The van der Waals surface area contributed by atoms with Crippen molar-refractivity contribution >= 4 is 33.2 Å². The standard InChI is InChI=1S/C14H12BrNOS/c15-13-7-11(8-18-13)14(17)16-12-5-9-3-1-2-4-10(9)6-12/h1-4,7-8,12H,5-6H2,(H,16,17). The molecule has 1 amide bonds. The van der Waals surface area contributed by atoms with Gasteiger partial charge in [0.05, 0.1) is 9.35 Å².